The summed E-state index contributed by atoms with van der Waals surface area (Å²) in [4.78, 5) is 23.4. The number of carbonyl (C=O) groups excluding carboxylic acids is 1. The lowest BCUT2D eigenvalue weighted by Gasteiger charge is -2.41. The molecule has 2 aromatic rings. The molecule has 7 nitrogen and oxygen atoms in total. The maximum atomic E-state index is 13.9. The molecule has 41 heavy (non-hydrogen) atoms. The first kappa shape index (κ1) is 34.3. The first-order valence-electron chi connectivity index (χ1n) is 14.3. The fourth-order valence-corrected chi connectivity index (χ4v) is 5.39. The second kappa shape index (κ2) is 15.9. The van der Waals surface area contributed by atoms with Crippen LogP contribution in [0.5, 0.6) is 0 Å². The molecule has 5 N–H and O–H groups in total. The zero-order chi connectivity index (χ0) is 30.6. The molecule has 1 fully saturated rings. The van der Waals surface area contributed by atoms with Crippen LogP contribution in [0, 0.1) is 11.6 Å². The van der Waals surface area contributed by atoms with Crippen LogP contribution < -0.4 is 10.6 Å². The lowest BCUT2D eigenvalue weighted by molar-refractivity contribution is -0.137. The predicted molar refractivity (Wildman–Crippen MR) is 156 cm³/mol. The van der Waals surface area contributed by atoms with Crippen molar-refractivity contribution in [2.24, 2.45) is 0 Å². The van der Waals surface area contributed by atoms with Crippen LogP contribution in [0.4, 0.5) is 8.78 Å². The number of nitrogens with one attached hydrogen (secondary N) is 2. The van der Waals surface area contributed by atoms with Gasteiger partial charge in [0.15, 0.2) is 0 Å². The molecular weight excluding hydrogens is 530 g/mol. The van der Waals surface area contributed by atoms with Crippen molar-refractivity contribution in [3.05, 3.63) is 70.8 Å². The third-order valence-electron chi connectivity index (χ3n) is 7.62. The Morgan fingerprint density at radius 2 is 1.61 bits per heavy atom. The molecule has 0 bridgehead atoms. The molecule has 0 heterocycles. The Kier molecular flexibility index (Phi) is 13.3. The molecule has 228 valence electrons. The highest BCUT2D eigenvalue weighted by molar-refractivity contribution is 5.77. The van der Waals surface area contributed by atoms with Crippen molar-refractivity contribution >= 4 is 11.9 Å². The summed E-state index contributed by atoms with van der Waals surface area (Å²) in [6.07, 6.45) is 4.03. The molecular formula is C32H46F2N2O5. The van der Waals surface area contributed by atoms with E-state index in [1.807, 2.05) is 0 Å². The van der Waals surface area contributed by atoms with E-state index in [-0.39, 0.29) is 43.2 Å². The summed E-state index contributed by atoms with van der Waals surface area (Å²) in [5.74, 6) is -2.87. The maximum Gasteiger partial charge on any atom is 0.303 e. The summed E-state index contributed by atoms with van der Waals surface area (Å²) in [7, 11) is 1.00. The molecule has 9 heteroatoms. The minimum Gasteiger partial charge on any atom is -0.481 e. The zero-order valence-corrected chi connectivity index (χ0v) is 24.7. The molecule has 0 spiro atoms. The highest BCUT2D eigenvalue weighted by atomic mass is 19.1. The van der Waals surface area contributed by atoms with E-state index in [9.17, 15) is 23.5 Å². The molecule has 0 aromatic heterocycles. The van der Waals surface area contributed by atoms with E-state index in [4.69, 9.17) is 10.2 Å². The van der Waals surface area contributed by atoms with Crippen LogP contribution in [-0.4, -0.2) is 53.0 Å². The van der Waals surface area contributed by atoms with E-state index in [1.165, 1.54) is 23.3 Å². The lowest BCUT2D eigenvalue weighted by Crippen LogP contribution is -2.53. The summed E-state index contributed by atoms with van der Waals surface area (Å²) >= 11 is 0. The summed E-state index contributed by atoms with van der Waals surface area (Å²) in [5.41, 5.74) is 2.37. The van der Waals surface area contributed by atoms with Gasteiger partial charge in [-0.15, -0.1) is 0 Å². The van der Waals surface area contributed by atoms with E-state index in [1.54, 1.807) is 0 Å². The van der Waals surface area contributed by atoms with Gasteiger partial charge >= 0.3 is 5.97 Å². The number of rotatable bonds is 12. The van der Waals surface area contributed by atoms with Gasteiger partial charge in [0.2, 0.25) is 5.91 Å². The Morgan fingerprint density at radius 3 is 2.20 bits per heavy atom. The highest BCUT2D eigenvalue weighted by Gasteiger charge is 2.35. The van der Waals surface area contributed by atoms with Gasteiger partial charge in [-0.05, 0) is 59.9 Å². The number of amides is 1. The molecule has 2 atom stereocenters. The number of carboxylic acids is 1. The second-order valence-corrected chi connectivity index (χ2v) is 11.8. The van der Waals surface area contributed by atoms with E-state index in [0.29, 0.717) is 5.56 Å². The zero-order valence-electron chi connectivity index (χ0n) is 24.7. The Labute approximate surface area is 242 Å². The number of carboxylic acid groups (broad SMARTS) is 1. The van der Waals surface area contributed by atoms with Crippen molar-refractivity contribution in [2.75, 3.05) is 13.7 Å². The van der Waals surface area contributed by atoms with Gasteiger partial charge in [-0.25, -0.2) is 8.78 Å². The van der Waals surface area contributed by atoms with Crippen LogP contribution in [0.1, 0.15) is 88.8 Å². The van der Waals surface area contributed by atoms with Gasteiger partial charge in [-0.3, -0.25) is 9.59 Å². The van der Waals surface area contributed by atoms with Gasteiger partial charge < -0.3 is 26.0 Å². The summed E-state index contributed by atoms with van der Waals surface area (Å²) in [6.45, 7) is 6.69. The smallest absolute Gasteiger partial charge is 0.303 e. The van der Waals surface area contributed by atoms with E-state index in [2.05, 4.69) is 55.7 Å². The minimum atomic E-state index is -1.05. The van der Waals surface area contributed by atoms with E-state index in [0.717, 1.165) is 45.3 Å². The Balaban J connectivity index is 0.00000287. The first-order chi connectivity index (χ1) is 19.4. The number of aliphatic hydroxyl groups excluding tert-OH is 2. The van der Waals surface area contributed by atoms with Crippen molar-refractivity contribution in [1.82, 2.24) is 10.6 Å². The van der Waals surface area contributed by atoms with Crippen LogP contribution in [-0.2, 0) is 27.0 Å². The van der Waals surface area contributed by atoms with Crippen LogP contribution in [0.3, 0.4) is 0 Å². The molecule has 3 rings (SSSR count). The van der Waals surface area contributed by atoms with Gasteiger partial charge in [0.1, 0.15) is 11.6 Å². The summed E-state index contributed by atoms with van der Waals surface area (Å²) in [5, 5.41) is 33.6. The summed E-state index contributed by atoms with van der Waals surface area (Å²) in [6, 6.07) is 10.9. The van der Waals surface area contributed by atoms with Crippen molar-refractivity contribution in [3.63, 3.8) is 0 Å². The fraction of sp³-hybridized carbons (Fsp3) is 0.562. The Morgan fingerprint density at radius 1 is 0.976 bits per heavy atom. The van der Waals surface area contributed by atoms with E-state index < -0.39 is 35.7 Å². The monoisotopic (exact) mass is 576 g/mol. The number of halogens is 2. The van der Waals surface area contributed by atoms with Crippen LogP contribution >= 0.6 is 0 Å². The van der Waals surface area contributed by atoms with E-state index >= 15 is 0 Å². The maximum absolute atomic E-state index is 13.9. The molecule has 0 saturated heterocycles. The van der Waals surface area contributed by atoms with Crippen molar-refractivity contribution in [3.8, 4) is 0 Å². The molecule has 0 unspecified atom stereocenters. The van der Waals surface area contributed by atoms with Gasteiger partial charge in [0, 0.05) is 38.1 Å². The topological polar surface area (TPSA) is 119 Å². The fourth-order valence-electron chi connectivity index (χ4n) is 5.39. The van der Waals surface area contributed by atoms with Crippen molar-refractivity contribution in [2.45, 2.75) is 102 Å². The average Bonchev–Trinajstić information content (AvgIpc) is 2.92. The second-order valence-electron chi connectivity index (χ2n) is 11.8. The standard InChI is InChI=1S/C31H42F2N2O4.CH4O/c1-30(2,3)22-9-7-10-23(18-22)31(13-5-4-6-14-31)34-20-27(36)26(35-28(37)11-8-12-29(38)39)17-21-15-24(32)19-25(33)16-21;1-2/h7,9-10,15-16,18-19,26-27,34,36H,4-6,8,11-14,17,20H2,1-3H3,(H,35,37)(H,38,39);2H,1H3/t26-,27+;/m0./s1. The Bertz CT molecular complexity index is 1110. The van der Waals surface area contributed by atoms with Gasteiger partial charge in [-0.1, -0.05) is 64.3 Å². The summed E-state index contributed by atoms with van der Waals surface area (Å²) < 4.78 is 27.7. The largest absolute Gasteiger partial charge is 0.481 e. The number of aliphatic hydroxyl groups is 2. The van der Waals surface area contributed by atoms with Gasteiger partial charge in [0.05, 0.1) is 12.1 Å². The normalized spacial score (nSPS) is 16.2. The van der Waals surface area contributed by atoms with Gasteiger partial charge in [0.25, 0.3) is 0 Å². The number of aliphatic carboxylic acids is 1. The van der Waals surface area contributed by atoms with Gasteiger partial charge in [-0.2, -0.15) is 0 Å². The van der Waals surface area contributed by atoms with Crippen molar-refractivity contribution < 1.29 is 33.7 Å². The molecule has 1 amide bonds. The number of benzene rings is 2. The third kappa shape index (κ3) is 10.8. The SMILES string of the molecule is CC(C)(C)c1cccc(C2(NC[C@@H](O)[C@H](Cc3cc(F)cc(F)c3)NC(=O)CCCC(=O)O)CCCCC2)c1.CO. The van der Waals surface area contributed by atoms with Crippen LogP contribution in [0.15, 0.2) is 42.5 Å². The first-order valence-corrected chi connectivity index (χ1v) is 14.3. The molecule has 1 aliphatic rings. The average molecular weight is 577 g/mol. The molecule has 1 aliphatic carbocycles. The predicted octanol–water partition coefficient (Wildman–Crippen LogP) is 4.96. The highest BCUT2D eigenvalue weighted by Crippen LogP contribution is 2.38. The van der Waals surface area contributed by atoms with Crippen LogP contribution in [0.2, 0.25) is 0 Å². The molecule has 2 aromatic carbocycles. The quantitative estimate of drug-likeness (QED) is 0.244. The molecule has 0 radical (unpaired) electrons. The number of hydrogen-bond acceptors (Lipinski definition) is 5. The van der Waals surface area contributed by atoms with Crippen molar-refractivity contribution in [1.29, 1.82) is 0 Å². The third-order valence-corrected chi connectivity index (χ3v) is 7.62. The Hall–Kier alpha value is -2.88. The number of hydrogen-bond donors (Lipinski definition) is 5. The molecule has 1 saturated carbocycles. The number of carbonyl (C=O) groups is 2. The minimum absolute atomic E-state index is 0.0123. The lowest BCUT2D eigenvalue weighted by atomic mass is 9.74. The van der Waals surface area contributed by atoms with Crippen LogP contribution in [0.25, 0.3) is 0 Å². The molecule has 0 aliphatic heterocycles.